The summed E-state index contributed by atoms with van der Waals surface area (Å²) in [5.41, 5.74) is 6.74. The van der Waals surface area contributed by atoms with E-state index in [1.54, 1.807) is 0 Å². The van der Waals surface area contributed by atoms with E-state index in [2.05, 4.69) is 42.3 Å². The van der Waals surface area contributed by atoms with E-state index in [1.807, 2.05) is 53.1 Å². The molecule has 3 aromatic carbocycles. The van der Waals surface area contributed by atoms with Crippen LogP contribution in [0, 0.1) is 12.3 Å². The second-order valence-corrected chi connectivity index (χ2v) is 9.60. The predicted octanol–water partition coefficient (Wildman–Crippen LogP) is 4.33. The van der Waals surface area contributed by atoms with Crippen LogP contribution in [0.1, 0.15) is 34.7 Å². The molecule has 0 saturated heterocycles. The molecule has 1 aliphatic heterocycles. The van der Waals surface area contributed by atoms with Crippen molar-refractivity contribution in [2.75, 3.05) is 6.61 Å². The van der Waals surface area contributed by atoms with E-state index in [1.165, 1.54) is 28.0 Å². The number of hydrogen-bond acceptors (Lipinski definition) is 4. The summed E-state index contributed by atoms with van der Waals surface area (Å²) in [7, 11) is 0. The molecule has 0 radical (unpaired) electrons. The molecule has 0 spiro atoms. The topological polar surface area (TPSA) is 43.6 Å². The largest absolute Gasteiger partial charge is 0.481 e. The van der Waals surface area contributed by atoms with Gasteiger partial charge in [-0.25, -0.2) is 4.99 Å². The molecule has 0 N–H and O–H groups in total. The maximum absolute atomic E-state index is 13.7. The molecule has 1 aromatic heterocycles. The minimum absolute atomic E-state index is 0.0133. The summed E-state index contributed by atoms with van der Waals surface area (Å²) < 4.78 is 8.00. The lowest BCUT2D eigenvalue weighted by Crippen LogP contribution is -2.38. The van der Waals surface area contributed by atoms with E-state index in [0.717, 1.165) is 34.5 Å². The molecule has 35 heavy (non-hydrogen) atoms. The molecule has 2 heterocycles. The van der Waals surface area contributed by atoms with Gasteiger partial charge in [0, 0.05) is 5.56 Å². The maximum atomic E-state index is 13.7. The molecular formula is C30H22N2O2S. The molecule has 2 aliphatic rings. The summed E-state index contributed by atoms with van der Waals surface area (Å²) in [6, 6.07) is 26.2. The number of terminal acetylenes is 1. The first-order chi connectivity index (χ1) is 17.2. The van der Waals surface area contributed by atoms with Gasteiger partial charge < -0.3 is 4.74 Å². The van der Waals surface area contributed by atoms with Gasteiger partial charge in [-0.2, -0.15) is 0 Å². The second-order valence-electron chi connectivity index (χ2n) is 8.59. The zero-order chi connectivity index (χ0) is 23.8. The molecule has 170 valence electrons. The van der Waals surface area contributed by atoms with Gasteiger partial charge in [0.05, 0.1) is 16.3 Å². The third-order valence-corrected chi connectivity index (χ3v) is 7.47. The Morgan fingerprint density at radius 2 is 1.80 bits per heavy atom. The highest BCUT2D eigenvalue weighted by molar-refractivity contribution is 7.07. The quantitative estimate of drug-likeness (QED) is 0.413. The molecule has 0 fully saturated rings. The van der Waals surface area contributed by atoms with Gasteiger partial charge >= 0.3 is 0 Å². The van der Waals surface area contributed by atoms with E-state index in [4.69, 9.17) is 16.2 Å². The maximum Gasteiger partial charge on any atom is 0.271 e. The first-order valence-corrected chi connectivity index (χ1v) is 12.4. The van der Waals surface area contributed by atoms with Gasteiger partial charge in [-0.3, -0.25) is 9.36 Å². The summed E-state index contributed by atoms with van der Waals surface area (Å²) in [6.45, 7) is 0.227. The minimum atomic E-state index is -0.155. The number of allylic oxidation sites excluding steroid dienone is 1. The number of rotatable bonds is 4. The lowest BCUT2D eigenvalue weighted by atomic mass is 9.83. The van der Waals surface area contributed by atoms with Gasteiger partial charge in [0.15, 0.2) is 4.80 Å². The highest BCUT2D eigenvalue weighted by Crippen LogP contribution is 2.41. The first kappa shape index (κ1) is 21.4. The third kappa shape index (κ3) is 3.82. The molecule has 5 heteroatoms. The van der Waals surface area contributed by atoms with Gasteiger partial charge in [-0.15, -0.1) is 6.42 Å². The van der Waals surface area contributed by atoms with Crippen molar-refractivity contribution < 1.29 is 4.74 Å². The molecule has 1 unspecified atom stereocenters. The number of thiazole rings is 1. The van der Waals surface area contributed by atoms with Crippen LogP contribution >= 0.6 is 11.3 Å². The van der Waals surface area contributed by atoms with Crippen molar-refractivity contribution in [2.45, 2.75) is 18.9 Å². The fraction of sp³-hybridized carbons (Fsp3) is 0.133. The van der Waals surface area contributed by atoms with Crippen LogP contribution in [0.5, 0.6) is 5.75 Å². The van der Waals surface area contributed by atoms with Gasteiger partial charge in [0.2, 0.25) is 0 Å². The first-order valence-electron chi connectivity index (χ1n) is 11.6. The van der Waals surface area contributed by atoms with Crippen LogP contribution < -0.4 is 19.6 Å². The van der Waals surface area contributed by atoms with Crippen LogP contribution in [-0.2, 0) is 6.42 Å². The minimum Gasteiger partial charge on any atom is -0.481 e. The van der Waals surface area contributed by atoms with Crippen LogP contribution in [0.15, 0.2) is 94.2 Å². The van der Waals surface area contributed by atoms with E-state index in [-0.39, 0.29) is 18.2 Å². The lowest BCUT2D eigenvalue weighted by Gasteiger charge is -2.30. The number of fused-ring (bicyclic) bond motifs is 3. The predicted molar refractivity (Wildman–Crippen MR) is 140 cm³/mol. The number of benzene rings is 3. The van der Waals surface area contributed by atoms with Crippen molar-refractivity contribution in [1.29, 1.82) is 0 Å². The van der Waals surface area contributed by atoms with Gasteiger partial charge in [0.1, 0.15) is 12.4 Å². The Hall–Kier alpha value is -4.14. The average molecular weight is 475 g/mol. The van der Waals surface area contributed by atoms with Gasteiger partial charge in [0.25, 0.3) is 5.56 Å². The van der Waals surface area contributed by atoms with Crippen molar-refractivity contribution in [3.63, 3.8) is 0 Å². The monoisotopic (exact) mass is 474 g/mol. The Bertz CT molecular complexity index is 1670. The molecule has 0 saturated carbocycles. The standard InChI is InChI=1S/C30H22N2O2S/c1-2-18-34-23-15-12-20(13-16-23)19-26-29(33)32-28(22-9-4-3-5-10-22)25-17-14-21-8-6-7-11-24(21)27(25)31-30(32)35-26/h1,3-13,15-16,19,28H,14,17-18H2. The summed E-state index contributed by atoms with van der Waals surface area (Å²) in [6.07, 6.45) is 9.03. The average Bonchev–Trinajstić information content (AvgIpc) is 3.21. The zero-order valence-electron chi connectivity index (χ0n) is 19.0. The van der Waals surface area contributed by atoms with Crippen molar-refractivity contribution >= 4 is 23.1 Å². The van der Waals surface area contributed by atoms with Crippen LogP contribution in [0.25, 0.3) is 11.8 Å². The summed E-state index contributed by atoms with van der Waals surface area (Å²) in [4.78, 5) is 19.5. The highest BCUT2D eigenvalue weighted by atomic mass is 32.1. The Morgan fingerprint density at radius 3 is 2.60 bits per heavy atom. The normalized spacial score (nSPS) is 16.5. The lowest BCUT2D eigenvalue weighted by molar-refractivity contribution is 0.370. The number of ether oxygens (including phenoxy) is 1. The molecule has 1 aliphatic carbocycles. The van der Waals surface area contributed by atoms with Crippen LogP contribution in [-0.4, -0.2) is 11.2 Å². The molecule has 0 bridgehead atoms. The Labute approximate surface area is 207 Å². The fourth-order valence-electron chi connectivity index (χ4n) is 4.89. The smallest absolute Gasteiger partial charge is 0.271 e. The van der Waals surface area contributed by atoms with Crippen LogP contribution in [0.3, 0.4) is 0 Å². The Morgan fingerprint density at radius 1 is 1.03 bits per heavy atom. The van der Waals surface area contributed by atoms with E-state index >= 15 is 0 Å². The van der Waals surface area contributed by atoms with Crippen molar-refractivity contribution in [3.05, 3.63) is 126 Å². The molecule has 0 amide bonds. The molecule has 4 nitrogen and oxygen atoms in total. The third-order valence-electron chi connectivity index (χ3n) is 6.49. The molecule has 6 rings (SSSR count). The van der Waals surface area contributed by atoms with E-state index in [9.17, 15) is 4.79 Å². The Kier molecular flexibility index (Phi) is 5.44. The number of aryl methyl sites for hydroxylation is 1. The number of hydrogen-bond donors (Lipinski definition) is 0. The van der Waals surface area contributed by atoms with Gasteiger partial charge in [-0.1, -0.05) is 84.0 Å². The molecular weight excluding hydrogens is 452 g/mol. The zero-order valence-corrected chi connectivity index (χ0v) is 19.8. The van der Waals surface area contributed by atoms with Crippen molar-refractivity contribution in [2.24, 2.45) is 4.99 Å². The fourth-order valence-corrected chi connectivity index (χ4v) is 5.90. The second kappa shape index (κ2) is 8.90. The SMILES string of the molecule is C#CCOc1ccc(C=c2sc3n(c2=O)C(c2ccccc2)C2=C(N=3)c3ccccc3CC2)cc1. The molecule has 1 atom stereocenters. The molecule has 4 aromatic rings. The van der Waals surface area contributed by atoms with Crippen LogP contribution in [0.4, 0.5) is 0 Å². The van der Waals surface area contributed by atoms with E-state index < -0.39 is 0 Å². The van der Waals surface area contributed by atoms with Crippen molar-refractivity contribution in [1.82, 2.24) is 4.57 Å². The van der Waals surface area contributed by atoms with Crippen molar-refractivity contribution in [3.8, 4) is 18.1 Å². The van der Waals surface area contributed by atoms with Crippen LogP contribution in [0.2, 0.25) is 0 Å². The summed E-state index contributed by atoms with van der Waals surface area (Å²) >= 11 is 1.44. The number of aromatic nitrogens is 1. The highest BCUT2D eigenvalue weighted by Gasteiger charge is 2.32. The Balaban J connectivity index is 1.52. The summed E-state index contributed by atoms with van der Waals surface area (Å²) in [5.74, 6) is 3.17. The summed E-state index contributed by atoms with van der Waals surface area (Å²) in [5, 5.41) is 0. The number of nitrogens with zero attached hydrogens (tertiary/aromatic N) is 2. The van der Waals surface area contributed by atoms with E-state index in [0.29, 0.717) is 10.3 Å². The van der Waals surface area contributed by atoms with Gasteiger partial charge in [-0.05, 0) is 53.3 Å².